The fraction of sp³-hybridized carbons (Fsp3) is 0.167. The minimum absolute atomic E-state index is 0.152. The summed E-state index contributed by atoms with van der Waals surface area (Å²) < 4.78 is 31.5. The SMILES string of the molecule is O=C1/C(=C/c2ccc(Br)cc2)SC(=S)N1CCS(=O)(=O)O. The zero-order valence-electron chi connectivity index (χ0n) is 10.5. The Kier molecular flexibility index (Phi) is 5.20. The number of carbonyl (C=O) groups is 1. The van der Waals surface area contributed by atoms with Crippen LogP contribution in [0.25, 0.3) is 6.08 Å². The van der Waals surface area contributed by atoms with E-state index in [9.17, 15) is 13.2 Å². The summed E-state index contributed by atoms with van der Waals surface area (Å²) in [5.74, 6) is -0.887. The molecule has 0 radical (unpaired) electrons. The van der Waals surface area contributed by atoms with Gasteiger partial charge in [-0.25, -0.2) is 0 Å². The maximum absolute atomic E-state index is 12.2. The molecule has 1 heterocycles. The molecule has 0 unspecified atom stereocenters. The van der Waals surface area contributed by atoms with Crippen molar-refractivity contribution in [3.8, 4) is 0 Å². The summed E-state index contributed by atoms with van der Waals surface area (Å²) in [4.78, 5) is 13.8. The molecule has 112 valence electrons. The second kappa shape index (κ2) is 6.57. The van der Waals surface area contributed by atoms with E-state index in [1.165, 1.54) is 4.90 Å². The van der Waals surface area contributed by atoms with Crippen LogP contribution >= 0.6 is 39.9 Å². The summed E-state index contributed by atoms with van der Waals surface area (Å²) in [6.45, 7) is -0.152. The summed E-state index contributed by atoms with van der Waals surface area (Å²) in [7, 11) is -4.13. The zero-order chi connectivity index (χ0) is 15.6. The first kappa shape index (κ1) is 16.6. The highest BCUT2D eigenvalue weighted by atomic mass is 79.9. The van der Waals surface area contributed by atoms with E-state index in [1.54, 1.807) is 6.08 Å². The van der Waals surface area contributed by atoms with E-state index < -0.39 is 15.9 Å². The van der Waals surface area contributed by atoms with Crippen molar-refractivity contribution in [3.63, 3.8) is 0 Å². The van der Waals surface area contributed by atoms with Crippen molar-refractivity contribution in [1.29, 1.82) is 0 Å². The van der Waals surface area contributed by atoms with E-state index in [0.717, 1.165) is 21.8 Å². The lowest BCUT2D eigenvalue weighted by molar-refractivity contribution is -0.121. The highest BCUT2D eigenvalue weighted by molar-refractivity contribution is 9.10. The molecule has 1 saturated heterocycles. The maximum Gasteiger partial charge on any atom is 0.266 e. The molecule has 2 rings (SSSR count). The third-order valence-electron chi connectivity index (χ3n) is 2.61. The van der Waals surface area contributed by atoms with E-state index in [4.69, 9.17) is 16.8 Å². The van der Waals surface area contributed by atoms with Crippen LogP contribution in [-0.4, -0.2) is 40.4 Å². The third kappa shape index (κ3) is 4.62. The van der Waals surface area contributed by atoms with Gasteiger partial charge in [-0.1, -0.05) is 52.0 Å². The van der Waals surface area contributed by atoms with E-state index in [1.807, 2.05) is 24.3 Å². The van der Waals surface area contributed by atoms with Gasteiger partial charge in [-0.2, -0.15) is 8.42 Å². The monoisotopic (exact) mass is 407 g/mol. The van der Waals surface area contributed by atoms with E-state index in [-0.39, 0.29) is 16.8 Å². The summed E-state index contributed by atoms with van der Waals surface area (Å²) in [5, 5.41) is 0. The van der Waals surface area contributed by atoms with Gasteiger partial charge in [0.05, 0.1) is 10.7 Å². The lowest BCUT2D eigenvalue weighted by Gasteiger charge is -2.12. The van der Waals surface area contributed by atoms with E-state index in [2.05, 4.69) is 15.9 Å². The minimum Gasteiger partial charge on any atom is -0.292 e. The number of hydrogen-bond donors (Lipinski definition) is 1. The summed E-state index contributed by atoms with van der Waals surface area (Å²) in [6.07, 6.45) is 1.69. The Labute approximate surface area is 140 Å². The molecule has 0 atom stereocenters. The lowest BCUT2D eigenvalue weighted by Crippen LogP contribution is -2.32. The molecular weight excluding hydrogens is 398 g/mol. The van der Waals surface area contributed by atoms with E-state index in [0.29, 0.717) is 4.91 Å². The first-order chi connectivity index (χ1) is 9.76. The number of thioether (sulfide) groups is 1. The highest BCUT2D eigenvalue weighted by Crippen LogP contribution is 2.32. The van der Waals surface area contributed by atoms with Crippen LogP contribution < -0.4 is 0 Å². The molecule has 0 aromatic heterocycles. The van der Waals surface area contributed by atoms with Crippen LogP contribution in [0.3, 0.4) is 0 Å². The van der Waals surface area contributed by atoms with E-state index >= 15 is 0 Å². The average Bonchev–Trinajstić information content (AvgIpc) is 2.64. The fourth-order valence-electron chi connectivity index (χ4n) is 1.61. The normalized spacial score (nSPS) is 17.8. The van der Waals surface area contributed by atoms with Crippen molar-refractivity contribution >= 4 is 66.3 Å². The number of thiocarbonyl (C=S) groups is 1. The summed E-state index contributed by atoms with van der Waals surface area (Å²) >= 11 is 9.50. The van der Waals surface area contributed by atoms with Crippen LogP contribution in [0.2, 0.25) is 0 Å². The third-order valence-corrected chi connectivity index (χ3v) is 5.22. The number of halogens is 1. The number of hydrogen-bond acceptors (Lipinski definition) is 5. The summed E-state index contributed by atoms with van der Waals surface area (Å²) in [5.41, 5.74) is 0.841. The van der Waals surface area contributed by atoms with Crippen molar-refractivity contribution in [1.82, 2.24) is 4.90 Å². The molecule has 1 fully saturated rings. The Morgan fingerprint density at radius 1 is 1.33 bits per heavy atom. The number of nitrogens with zero attached hydrogens (tertiary/aromatic N) is 1. The van der Waals surface area contributed by atoms with Gasteiger partial charge in [0.2, 0.25) is 0 Å². The van der Waals surface area contributed by atoms with Gasteiger partial charge < -0.3 is 0 Å². The second-order valence-electron chi connectivity index (χ2n) is 4.17. The molecule has 1 amide bonds. The molecule has 0 saturated carbocycles. The molecular formula is C12H10BrNO4S3. The topological polar surface area (TPSA) is 74.7 Å². The standard InChI is InChI=1S/C12H10BrNO4S3/c13-9-3-1-8(2-4-9)7-10-11(15)14(12(19)20-10)5-6-21(16,17)18/h1-4,7H,5-6H2,(H,16,17,18)/b10-7-. The van der Waals surface area contributed by atoms with Gasteiger partial charge in [-0.05, 0) is 23.8 Å². The van der Waals surface area contributed by atoms with Gasteiger partial charge in [0.15, 0.2) is 0 Å². The van der Waals surface area contributed by atoms with Crippen molar-refractivity contribution in [3.05, 3.63) is 39.2 Å². The van der Waals surface area contributed by atoms with Crippen LogP contribution in [0.1, 0.15) is 5.56 Å². The molecule has 1 aliphatic heterocycles. The molecule has 0 aliphatic carbocycles. The molecule has 9 heteroatoms. The first-order valence-electron chi connectivity index (χ1n) is 5.72. The average molecular weight is 408 g/mol. The lowest BCUT2D eigenvalue weighted by atomic mass is 10.2. The summed E-state index contributed by atoms with van der Waals surface area (Å²) in [6, 6.07) is 7.39. The van der Waals surface area contributed by atoms with Gasteiger partial charge in [-0.3, -0.25) is 14.2 Å². The Morgan fingerprint density at radius 2 is 1.95 bits per heavy atom. The number of benzene rings is 1. The van der Waals surface area contributed by atoms with Crippen LogP contribution in [0, 0.1) is 0 Å². The van der Waals surface area contributed by atoms with Crippen LogP contribution in [0.5, 0.6) is 0 Å². The Morgan fingerprint density at radius 3 is 2.52 bits per heavy atom. The smallest absolute Gasteiger partial charge is 0.266 e. The minimum atomic E-state index is -4.13. The van der Waals surface area contributed by atoms with Crippen LogP contribution in [0.15, 0.2) is 33.6 Å². The largest absolute Gasteiger partial charge is 0.292 e. The molecule has 21 heavy (non-hydrogen) atoms. The van der Waals surface area contributed by atoms with Crippen molar-refractivity contribution in [2.24, 2.45) is 0 Å². The van der Waals surface area contributed by atoms with Gasteiger partial charge in [0, 0.05) is 11.0 Å². The Hall–Kier alpha value is -0.740. The molecule has 1 aliphatic rings. The quantitative estimate of drug-likeness (QED) is 0.469. The van der Waals surface area contributed by atoms with Crippen LogP contribution in [-0.2, 0) is 14.9 Å². The number of amides is 1. The van der Waals surface area contributed by atoms with Gasteiger partial charge in [0.1, 0.15) is 4.32 Å². The maximum atomic E-state index is 12.2. The molecule has 1 N–H and O–H groups in total. The number of rotatable bonds is 4. The van der Waals surface area contributed by atoms with Crippen LogP contribution in [0.4, 0.5) is 0 Å². The number of carbonyl (C=O) groups excluding carboxylic acids is 1. The van der Waals surface area contributed by atoms with Gasteiger partial charge in [-0.15, -0.1) is 0 Å². The Bertz CT molecular complexity index is 713. The molecule has 1 aromatic rings. The second-order valence-corrected chi connectivity index (χ2v) is 8.33. The Balaban J connectivity index is 2.15. The predicted molar refractivity (Wildman–Crippen MR) is 90.4 cm³/mol. The molecule has 0 bridgehead atoms. The predicted octanol–water partition coefficient (Wildman–Crippen LogP) is 2.54. The molecule has 0 spiro atoms. The van der Waals surface area contributed by atoms with Crippen molar-refractivity contribution in [2.45, 2.75) is 0 Å². The zero-order valence-corrected chi connectivity index (χ0v) is 14.6. The first-order valence-corrected chi connectivity index (χ1v) is 9.35. The van der Waals surface area contributed by atoms with Crippen molar-refractivity contribution < 1.29 is 17.8 Å². The highest BCUT2D eigenvalue weighted by Gasteiger charge is 2.32. The van der Waals surface area contributed by atoms with Crippen molar-refractivity contribution in [2.75, 3.05) is 12.3 Å². The van der Waals surface area contributed by atoms with Gasteiger partial charge >= 0.3 is 0 Å². The van der Waals surface area contributed by atoms with Gasteiger partial charge in [0.25, 0.3) is 16.0 Å². The fourth-order valence-corrected chi connectivity index (χ4v) is 3.60. The molecule has 1 aromatic carbocycles. The molecule has 5 nitrogen and oxygen atoms in total.